The number of aromatic nitrogens is 1. The van der Waals surface area contributed by atoms with Crippen molar-refractivity contribution in [3.05, 3.63) is 35.9 Å². The van der Waals surface area contributed by atoms with Crippen molar-refractivity contribution in [2.24, 2.45) is 10.9 Å². The molecule has 0 fully saturated rings. The van der Waals surface area contributed by atoms with E-state index in [9.17, 15) is 0 Å². The molecule has 0 saturated heterocycles. The average Bonchev–Trinajstić information content (AvgIpc) is 2.54. The predicted molar refractivity (Wildman–Crippen MR) is 115 cm³/mol. The molecule has 2 aromatic rings. The topological polar surface area (TPSA) is 52.6 Å². The quantitative estimate of drug-likeness (QED) is 0.425. The molecular weight excluding hydrogens is 413 g/mol. The third-order valence-electron chi connectivity index (χ3n) is 3.59. The number of aliphatic imine (C=N–C) groups is 1. The Morgan fingerprint density at radius 3 is 2.54 bits per heavy atom. The summed E-state index contributed by atoms with van der Waals surface area (Å²) in [4.78, 5) is 11.0. The van der Waals surface area contributed by atoms with Gasteiger partial charge >= 0.3 is 0 Å². The van der Waals surface area contributed by atoms with Crippen molar-refractivity contribution in [1.29, 1.82) is 0 Å². The summed E-state index contributed by atoms with van der Waals surface area (Å²) >= 11 is 0. The maximum absolute atomic E-state index is 4.69. The fraction of sp³-hybridized carbons (Fsp3) is 0.444. The van der Waals surface area contributed by atoms with Gasteiger partial charge in [0.05, 0.1) is 5.52 Å². The van der Waals surface area contributed by atoms with E-state index in [0.29, 0.717) is 12.5 Å². The van der Waals surface area contributed by atoms with Crippen LogP contribution in [0.2, 0.25) is 0 Å². The molecule has 5 nitrogen and oxygen atoms in total. The van der Waals surface area contributed by atoms with E-state index in [-0.39, 0.29) is 24.0 Å². The number of anilines is 1. The van der Waals surface area contributed by atoms with E-state index in [1.165, 1.54) is 10.9 Å². The molecule has 2 rings (SSSR count). The number of guanidine groups is 1. The molecular formula is C18H28IN5. The molecule has 6 heteroatoms. The molecule has 0 aliphatic rings. The maximum atomic E-state index is 4.69. The third kappa shape index (κ3) is 5.51. The van der Waals surface area contributed by atoms with Crippen molar-refractivity contribution in [1.82, 2.24) is 15.6 Å². The van der Waals surface area contributed by atoms with E-state index in [2.05, 4.69) is 53.7 Å². The second kappa shape index (κ2) is 9.66. The predicted octanol–water partition coefficient (Wildman–Crippen LogP) is 3.24. The molecule has 0 bridgehead atoms. The lowest BCUT2D eigenvalue weighted by Gasteiger charge is -2.17. The van der Waals surface area contributed by atoms with E-state index in [1.807, 2.05) is 25.1 Å². The Hall–Kier alpha value is -1.57. The van der Waals surface area contributed by atoms with E-state index < -0.39 is 0 Å². The van der Waals surface area contributed by atoms with Gasteiger partial charge in [-0.25, -0.2) is 4.98 Å². The molecule has 132 valence electrons. The van der Waals surface area contributed by atoms with Crippen LogP contribution in [0.15, 0.2) is 35.3 Å². The molecule has 0 aliphatic heterocycles. The molecule has 0 radical (unpaired) electrons. The average molecular weight is 441 g/mol. The summed E-state index contributed by atoms with van der Waals surface area (Å²) in [6.45, 7) is 5.97. The second-order valence-corrected chi connectivity index (χ2v) is 6.25. The SMILES string of the molecule is CN=C(NCc1cc(N(C)C)nc2ccccc12)NCC(C)C.I. The lowest BCUT2D eigenvalue weighted by atomic mass is 10.1. The Morgan fingerprint density at radius 1 is 1.21 bits per heavy atom. The van der Waals surface area contributed by atoms with Gasteiger partial charge in [0.2, 0.25) is 0 Å². The van der Waals surface area contributed by atoms with E-state index >= 15 is 0 Å². The number of nitrogens with one attached hydrogen (secondary N) is 2. The summed E-state index contributed by atoms with van der Waals surface area (Å²) in [7, 11) is 5.82. The first-order valence-electron chi connectivity index (χ1n) is 8.01. The molecule has 24 heavy (non-hydrogen) atoms. The number of para-hydroxylation sites is 1. The second-order valence-electron chi connectivity index (χ2n) is 6.25. The van der Waals surface area contributed by atoms with Gasteiger partial charge in [-0.2, -0.15) is 0 Å². The highest BCUT2D eigenvalue weighted by Crippen LogP contribution is 2.21. The number of nitrogens with zero attached hydrogens (tertiary/aromatic N) is 3. The van der Waals surface area contributed by atoms with Gasteiger partial charge in [0.25, 0.3) is 0 Å². The van der Waals surface area contributed by atoms with E-state index in [0.717, 1.165) is 23.8 Å². The van der Waals surface area contributed by atoms with Crippen LogP contribution in [0.1, 0.15) is 19.4 Å². The summed E-state index contributed by atoms with van der Waals surface area (Å²) in [6.07, 6.45) is 0. The highest BCUT2D eigenvalue weighted by Gasteiger charge is 2.08. The highest BCUT2D eigenvalue weighted by atomic mass is 127. The number of hydrogen-bond acceptors (Lipinski definition) is 3. The molecule has 1 aromatic heterocycles. The van der Waals surface area contributed by atoms with Gasteiger partial charge in [0.1, 0.15) is 5.82 Å². The summed E-state index contributed by atoms with van der Waals surface area (Å²) in [5, 5.41) is 7.90. The maximum Gasteiger partial charge on any atom is 0.191 e. The Labute approximate surface area is 162 Å². The minimum absolute atomic E-state index is 0. The highest BCUT2D eigenvalue weighted by molar-refractivity contribution is 14.0. The first-order valence-corrected chi connectivity index (χ1v) is 8.01. The number of hydrogen-bond donors (Lipinski definition) is 2. The molecule has 2 N–H and O–H groups in total. The molecule has 1 heterocycles. The van der Waals surface area contributed by atoms with Crippen molar-refractivity contribution < 1.29 is 0 Å². The van der Waals surface area contributed by atoms with Gasteiger partial charge in [0.15, 0.2) is 5.96 Å². The molecule has 0 amide bonds. The van der Waals surface area contributed by atoms with Crippen molar-refractivity contribution >= 4 is 46.7 Å². The molecule has 0 atom stereocenters. The summed E-state index contributed by atoms with van der Waals surface area (Å²) in [6, 6.07) is 10.4. The lowest BCUT2D eigenvalue weighted by Crippen LogP contribution is -2.38. The van der Waals surface area contributed by atoms with Crippen molar-refractivity contribution in [3.63, 3.8) is 0 Å². The monoisotopic (exact) mass is 441 g/mol. The van der Waals surface area contributed by atoms with Gasteiger partial charge in [-0.1, -0.05) is 32.0 Å². The summed E-state index contributed by atoms with van der Waals surface area (Å²) in [5.41, 5.74) is 2.23. The smallest absolute Gasteiger partial charge is 0.191 e. The summed E-state index contributed by atoms with van der Waals surface area (Å²) in [5.74, 6) is 2.37. The zero-order valence-electron chi connectivity index (χ0n) is 15.1. The number of pyridine rings is 1. The van der Waals surface area contributed by atoms with Crippen molar-refractivity contribution in [2.75, 3.05) is 32.6 Å². The minimum Gasteiger partial charge on any atom is -0.363 e. The van der Waals surface area contributed by atoms with Crippen LogP contribution in [0, 0.1) is 5.92 Å². The van der Waals surface area contributed by atoms with E-state index in [4.69, 9.17) is 4.98 Å². The van der Waals surface area contributed by atoms with Crippen molar-refractivity contribution in [3.8, 4) is 0 Å². The number of rotatable bonds is 5. The minimum atomic E-state index is 0. The van der Waals surface area contributed by atoms with Crippen LogP contribution in [-0.4, -0.2) is 38.6 Å². The summed E-state index contributed by atoms with van der Waals surface area (Å²) < 4.78 is 0. The Balaban J connectivity index is 0.00000288. The van der Waals surface area contributed by atoms with Crippen LogP contribution in [0.5, 0.6) is 0 Å². The van der Waals surface area contributed by atoms with Gasteiger partial charge in [0, 0.05) is 39.6 Å². The molecule has 0 aliphatic carbocycles. The standard InChI is InChI=1S/C18H27N5.HI/c1-13(2)11-20-18(19-3)21-12-14-10-17(23(4)5)22-16-9-7-6-8-15(14)16;/h6-10,13H,11-12H2,1-5H3,(H2,19,20,21);1H. The zero-order valence-corrected chi connectivity index (χ0v) is 17.5. The van der Waals surface area contributed by atoms with Gasteiger partial charge in [-0.3, -0.25) is 4.99 Å². The zero-order chi connectivity index (χ0) is 16.8. The number of benzene rings is 1. The van der Waals surface area contributed by atoms with Gasteiger partial charge < -0.3 is 15.5 Å². The Kier molecular flexibility index (Phi) is 8.24. The fourth-order valence-corrected chi connectivity index (χ4v) is 2.31. The number of fused-ring (bicyclic) bond motifs is 1. The molecule has 0 unspecified atom stereocenters. The van der Waals surface area contributed by atoms with E-state index in [1.54, 1.807) is 7.05 Å². The van der Waals surface area contributed by atoms with Gasteiger partial charge in [-0.15, -0.1) is 24.0 Å². The van der Waals surface area contributed by atoms with Crippen molar-refractivity contribution in [2.45, 2.75) is 20.4 Å². The lowest BCUT2D eigenvalue weighted by molar-refractivity contribution is 0.615. The van der Waals surface area contributed by atoms with Crippen LogP contribution in [0.25, 0.3) is 10.9 Å². The van der Waals surface area contributed by atoms with Crippen LogP contribution >= 0.6 is 24.0 Å². The van der Waals surface area contributed by atoms with Crippen LogP contribution < -0.4 is 15.5 Å². The number of halogens is 1. The first kappa shape index (κ1) is 20.5. The van der Waals surface area contributed by atoms with Gasteiger partial charge in [-0.05, 0) is 23.6 Å². The molecule has 0 saturated carbocycles. The first-order chi connectivity index (χ1) is 11.0. The Morgan fingerprint density at radius 2 is 1.92 bits per heavy atom. The normalized spacial score (nSPS) is 11.3. The van der Waals surface area contributed by atoms with Crippen LogP contribution in [0.4, 0.5) is 5.82 Å². The molecule has 0 spiro atoms. The van der Waals surface area contributed by atoms with Crippen LogP contribution in [0.3, 0.4) is 0 Å². The van der Waals surface area contributed by atoms with Crippen LogP contribution in [-0.2, 0) is 6.54 Å². The fourth-order valence-electron chi connectivity index (χ4n) is 2.31. The Bertz CT molecular complexity index is 682. The molecule has 1 aromatic carbocycles. The largest absolute Gasteiger partial charge is 0.363 e. The third-order valence-corrected chi connectivity index (χ3v) is 3.59.